The van der Waals surface area contributed by atoms with Crippen LogP contribution < -0.4 is 15.5 Å². The molecule has 3 heterocycles. The van der Waals surface area contributed by atoms with Crippen molar-refractivity contribution in [3.8, 4) is 0 Å². The lowest BCUT2D eigenvalue weighted by atomic mass is 10.1. The van der Waals surface area contributed by atoms with Crippen LogP contribution in [0.5, 0.6) is 0 Å². The Morgan fingerprint density at radius 3 is 2.68 bits per heavy atom. The van der Waals surface area contributed by atoms with Crippen LogP contribution in [0.15, 0.2) is 42.6 Å². The van der Waals surface area contributed by atoms with E-state index in [1.54, 1.807) is 6.20 Å². The molecule has 2 aliphatic rings. The molecule has 1 saturated heterocycles. The van der Waals surface area contributed by atoms with Gasteiger partial charge in [0.1, 0.15) is 5.82 Å². The lowest BCUT2D eigenvalue weighted by Gasteiger charge is -2.19. The molecule has 0 unspecified atom stereocenters. The van der Waals surface area contributed by atoms with Gasteiger partial charge in [-0.1, -0.05) is 18.2 Å². The first-order valence-corrected chi connectivity index (χ1v) is 8.53. The maximum absolute atomic E-state index is 12.8. The fourth-order valence-electron chi connectivity index (χ4n) is 3.61. The highest BCUT2D eigenvalue weighted by molar-refractivity contribution is 6.07. The number of benzene rings is 1. The Balaban J connectivity index is 1.49. The number of fused-ring (bicyclic) bond motifs is 1. The molecule has 2 aromatic rings. The third kappa shape index (κ3) is 2.84. The molecule has 0 bridgehead atoms. The summed E-state index contributed by atoms with van der Waals surface area (Å²) in [6, 6.07) is 11.7. The van der Waals surface area contributed by atoms with Gasteiger partial charge in [0.15, 0.2) is 0 Å². The summed E-state index contributed by atoms with van der Waals surface area (Å²) in [5, 5.41) is 0. The van der Waals surface area contributed by atoms with Crippen LogP contribution in [-0.2, 0) is 11.2 Å². The second kappa shape index (κ2) is 6.20. The SMILES string of the molecule is NC(=O)[C@H]1CCN(c2ccc(C(=O)N3CCc4ccccc43)cn2)C1. The van der Waals surface area contributed by atoms with Crippen LogP contribution in [0.4, 0.5) is 11.5 Å². The molecule has 128 valence electrons. The van der Waals surface area contributed by atoms with E-state index in [0.29, 0.717) is 18.7 Å². The first kappa shape index (κ1) is 15.6. The van der Waals surface area contributed by atoms with Crippen LogP contribution in [0.1, 0.15) is 22.3 Å². The number of hydrogen-bond acceptors (Lipinski definition) is 4. The Labute approximate surface area is 146 Å². The van der Waals surface area contributed by atoms with E-state index >= 15 is 0 Å². The molecular weight excluding hydrogens is 316 g/mol. The Bertz CT molecular complexity index is 818. The van der Waals surface area contributed by atoms with Crippen LogP contribution in [0.3, 0.4) is 0 Å². The zero-order valence-electron chi connectivity index (χ0n) is 13.9. The summed E-state index contributed by atoms with van der Waals surface area (Å²) in [6.07, 6.45) is 3.26. The number of carbonyl (C=O) groups excluding carboxylic acids is 2. The maximum Gasteiger partial charge on any atom is 0.259 e. The highest BCUT2D eigenvalue weighted by Crippen LogP contribution is 2.29. The molecule has 0 saturated carbocycles. The molecule has 4 rings (SSSR count). The van der Waals surface area contributed by atoms with Crippen molar-refractivity contribution in [1.82, 2.24) is 4.98 Å². The molecule has 6 nitrogen and oxygen atoms in total. The summed E-state index contributed by atoms with van der Waals surface area (Å²) >= 11 is 0. The van der Waals surface area contributed by atoms with Gasteiger partial charge >= 0.3 is 0 Å². The number of anilines is 2. The number of rotatable bonds is 3. The van der Waals surface area contributed by atoms with Crippen LogP contribution in [0, 0.1) is 5.92 Å². The predicted octanol–water partition coefficient (Wildman–Crippen LogP) is 1.60. The van der Waals surface area contributed by atoms with E-state index in [9.17, 15) is 9.59 Å². The van der Waals surface area contributed by atoms with Crippen molar-refractivity contribution in [2.45, 2.75) is 12.8 Å². The highest BCUT2D eigenvalue weighted by atomic mass is 16.2. The second-order valence-electron chi connectivity index (χ2n) is 6.57. The molecule has 25 heavy (non-hydrogen) atoms. The molecule has 6 heteroatoms. The average Bonchev–Trinajstić information content (AvgIpc) is 3.29. The van der Waals surface area contributed by atoms with Gasteiger partial charge in [0.2, 0.25) is 5.91 Å². The third-order valence-corrected chi connectivity index (χ3v) is 5.04. The molecule has 1 atom stereocenters. The van der Waals surface area contributed by atoms with Crippen molar-refractivity contribution in [3.05, 3.63) is 53.7 Å². The molecule has 1 aromatic carbocycles. The van der Waals surface area contributed by atoms with Crippen molar-refractivity contribution in [2.24, 2.45) is 11.7 Å². The van der Waals surface area contributed by atoms with E-state index in [4.69, 9.17) is 5.73 Å². The van der Waals surface area contributed by atoms with E-state index < -0.39 is 0 Å². The van der Waals surface area contributed by atoms with Gasteiger partial charge in [0, 0.05) is 31.5 Å². The van der Waals surface area contributed by atoms with E-state index in [1.165, 1.54) is 5.56 Å². The zero-order valence-corrected chi connectivity index (χ0v) is 13.9. The second-order valence-corrected chi connectivity index (χ2v) is 6.57. The number of para-hydroxylation sites is 1. The molecule has 0 aliphatic carbocycles. The normalized spacial score (nSPS) is 19.1. The molecular formula is C19H20N4O2. The van der Waals surface area contributed by atoms with Crippen molar-refractivity contribution in [2.75, 3.05) is 29.4 Å². The first-order chi connectivity index (χ1) is 12.1. The van der Waals surface area contributed by atoms with E-state index in [0.717, 1.165) is 30.9 Å². The van der Waals surface area contributed by atoms with E-state index in [-0.39, 0.29) is 17.7 Å². The molecule has 1 fully saturated rings. The van der Waals surface area contributed by atoms with Crippen molar-refractivity contribution in [3.63, 3.8) is 0 Å². The van der Waals surface area contributed by atoms with Gasteiger partial charge in [-0.05, 0) is 36.6 Å². The number of carbonyl (C=O) groups is 2. The van der Waals surface area contributed by atoms with Gasteiger partial charge in [-0.2, -0.15) is 0 Å². The first-order valence-electron chi connectivity index (χ1n) is 8.53. The van der Waals surface area contributed by atoms with Gasteiger partial charge in [0.25, 0.3) is 5.91 Å². The summed E-state index contributed by atoms with van der Waals surface area (Å²) in [4.78, 5) is 32.4. The monoisotopic (exact) mass is 336 g/mol. The minimum absolute atomic E-state index is 0.0274. The predicted molar refractivity (Wildman–Crippen MR) is 95.6 cm³/mol. The summed E-state index contributed by atoms with van der Waals surface area (Å²) in [6.45, 7) is 2.05. The average molecular weight is 336 g/mol. The summed E-state index contributed by atoms with van der Waals surface area (Å²) in [5.41, 5.74) is 8.14. The third-order valence-electron chi connectivity index (χ3n) is 5.04. The van der Waals surface area contributed by atoms with E-state index in [2.05, 4.69) is 11.1 Å². The lowest BCUT2D eigenvalue weighted by molar-refractivity contribution is -0.121. The Hall–Kier alpha value is -2.89. The number of amides is 2. The molecule has 0 radical (unpaired) electrons. The van der Waals surface area contributed by atoms with Gasteiger partial charge in [-0.25, -0.2) is 4.98 Å². The summed E-state index contributed by atoms with van der Waals surface area (Å²) in [7, 11) is 0. The molecule has 2 amide bonds. The van der Waals surface area contributed by atoms with Crippen LogP contribution in [0.2, 0.25) is 0 Å². The number of nitrogens with zero attached hydrogens (tertiary/aromatic N) is 3. The topological polar surface area (TPSA) is 79.5 Å². The number of hydrogen-bond donors (Lipinski definition) is 1. The molecule has 2 N–H and O–H groups in total. The summed E-state index contributed by atoms with van der Waals surface area (Å²) in [5.74, 6) is 0.369. The Morgan fingerprint density at radius 2 is 1.96 bits per heavy atom. The number of primary amides is 1. The lowest BCUT2D eigenvalue weighted by Crippen LogP contribution is -2.29. The number of pyridine rings is 1. The molecule has 1 aromatic heterocycles. The zero-order chi connectivity index (χ0) is 17.4. The Kier molecular flexibility index (Phi) is 3.87. The van der Waals surface area contributed by atoms with E-state index in [1.807, 2.05) is 40.1 Å². The molecule has 0 spiro atoms. The standard InChI is InChI=1S/C19H20N4O2/c20-18(24)15-7-9-22(12-15)17-6-5-14(11-21-17)19(25)23-10-8-13-3-1-2-4-16(13)23/h1-6,11,15H,7-10,12H2,(H2,20,24)/t15-/m0/s1. The quantitative estimate of drug-likeness (QED) is 0.923. The van der Waals surface area contributed by atoms with Crippen LogP contribution in [-0.4, -0.2) is 36.4 Å². The molecule has 2 aliphatic heterocycles. The smallest absolute Gasteiger partial charge is 0.259 e. The maximum atomic E-state index is 12.8. The minimum atomic E-state index is -0.262. The summed E-state index contributed by atoms with van der Waals surface area (Å²) < 4.78 is 0. The highest BCUT2D eigenvalue weighted by Gasteiger charge is 2.28. The Morgan fingerprint density at radius 1 is 1.12 bits per heavy atom. The minimum Gasteiger partial charge on any atom is -0.369 e. The van der Waals surface area contributed by atoms with Gasteiger partial charge in [0.05, 0.1) is 11.5 Å². The van der Waals surface area contributed by atoms with Gasteiger partial charge in [-0.3, -0.25) is 9.59 Å². The van der Waals surface area contributed by atoms with Crippen molar-refractivity contribution >= 4 is 23.3 Å². The van der Waals surface area contributed by atoms with Gasteiger partial charge in [-0.15, -0.1) is 0 Å². The van der Waals surface area contributed by atoms with Gasteiger partial charge < -0.3 is 15.5 Å². The fraction of sp³-hybridized carbons (Fsp3) is 0.316. The largest absolute Gasteiger partial charge is 0.369 e. The van der Waals surface area contributed by atoms with Crippen molar-refractivity contribution < 1.29 is 9.59 Å². The fourth-order valence-corrected chi connectivity index (χ4v) is 3.61. The number of nitrogens with two attached hydrogens (primary N) is 1. The van der Waals surface area contributed by atoms with Crippen molar-refractivity contribution in [1.29, 1.82) is 0 Å². The van der Waals surface area contributed by atoms with Crippen LogP contribution in [0.25, 0.3) is 0 Å². The van der Waals surface area contributed by atoms with Crippen LogP contribution >= 0.6 is 0 Å². The number of aromatic nitrogens is 1.